The lowest BCUT2D eigenvalue weighted by Crippen LogP contribution is -2.45. The molecule has 1 rings (SSSR count). The van der Waals surface area contributed by atoms with E-state index in [0.717, 1.165) is 0 Å². The van der Waals surface area contributed by atoms with Gasteiger partial charge in [-0.25, -0.2) is 4.79 Å². The number of carboxylic acids is 1. The first-order chi connectivity index (χ1) is 9.18. The lowest BCUT2D eigenvalue weighted by atomic mass is 10.1. The highest BCUT2D eigenvalue weighted by Crippen LogP contribution is 2.28. The van der Waals surface area contributed by atoms with Gasteiger partial charge in [0.2, 0.25) is 0 Å². The van der Waals surface area contributed by atoms with Crippen molar-refractivity contribution in [1.82, 2.24) is 4.90 Å². The maximum atomic E-state index is 12.5. The van der Waals surface area contributed by atoms with Crippen LogP contribution in [-0.4, -0.2) is 34.6 Å². The number of hydrogen-bond donors (Lipinski definition) is 1. The Labute approximate surface area is 117 Å². The van der Waals surface area contributed by atoms with E-state index in [1.807, 2.05) is 0 Å². The number of aliphatic carboxylic acids is 1. The molecule has 0 aliphatic heterocycles. The van der Waals surface area contributed by atoms with Gasteiger partial charge in [-0.05, 0) is 24.6 Å². The molecule has 0 bridgehead atoms. The Kier molecular flexibility index (Phi) is 4.99. The van der Waals surface area contributed by atoms with Crippen LogP contribution in [0.25, 0.3) is 0 Å². The lowest BCUT2D eigenvalue weighted by molar-refractivity contribution is -0.189. The zero-order chi connectivity index (χ0) is 15.5. The van der Waals surface area contributed by atoms with Gasteiger partial charge in [-0.2, -0.15) is 13.2 Å². The van der Waals surface area contributed by atoms with Gasteiger partial charge in [-0.1, -0.05) is 23.7 Å². The van der Waals surface area contributed by atoms with Crippen LogP contribution < -0.4 is 0 Å². The van der Waals surface area contributed by atoms with Crippen LogP contribution >= 0.6 is 11.6 Å². The zero-order valence-corrected chi connectivity index (χ0v) is 11.1. The van der Waals surface area contributed by atoms with Crippen LogP contribution in [0.5, 0.6) is 0 Å². The predicted molar refractivity (Wildman–Crippen MR) is 65.3 cm³/mol. The van der Waals surface area contributed by atoms with Crippen molar-refractivity contribution < 1.29 is 27.9 Å². The molecule has 0 aliphatic rings. The summed E-state index contributed by atoms with van der Waals surface area (Å²) in [6.45, 7) is 0.882. The molecule has 8 heteroatoms. The number of amides is 1. The maximum Gasteiger partial charge on any atom is 0.471 e. The molecule has 0 saturated carbocycles. The number of alkyl halides is 3. The fourth-order valence-electron chi connectivity index (χ4n) is 1.71. The Morgan fingerprint density at radius 2 is 1.80 bits per heavy atom. The lowest BCUT2D eigenvalue weighted by Gasteiger charge is -2.28. The second-order valence-electron chi connectivity index (χ2n) is 3.88. The van der Waals surface area contributed by atoms with Gasteiger partial charge in [0.05, 0.1) is 0 Å². The van der Waals surface area contributed by atoms with Gasteiger partial charge in [0, 0.05) is 11.6 Å². The largest absolute Gasteiger partial charge is 0.479 e. The Morgan fingerprint density at radius 3 is 2.15 bits per heavy atom. The van der Waals surface area contributed by atoms with E-state index in [0.29, 0.717) is 5.02 Å². The average molecular weight is 310 g/mol. The highest BCUT2D eigenvalue weighted by molar-refractivity contribution is 6.30. The molecule has 0 fully saturated rings. The third kappa shape index (κ3) is 3.63. The summed E-state index contributed by atoms with van der Waals surface area (Å²) in [6.07, 6.45) is -5.13. The van der Waals surface area contributed by atoms with Crippen LogP contribution in [0.1, 0.15) is 18.5 Å². The van der Waals surface area contributed by atoms with E-state index < -0.39 is 30.6 Å². The molecule has 0 heterocycles. The molecule has 4 nitrogen and oxygen atoms in total. The van der Waals surface area contributed by atoms with Crippen molar-refractivity contribution in [2.45, 2.75) is 19.1 Å². The number of nitrogens with zero attached hydrogens (tertiary/aromatic N) is 1. The van der Waals surface area contributed by atoms with E-state index in [9.17, 15) is 22.8 Å². The van der Waals surface area contributed by atoms with Gasteiger partial charge in [-0.3, -0.25) is 4.79 Å². The fraction of sp³-hybridized carbons (Fsp3) is 0.333. The molecule has 0 spiro atoms. The van der Waals surface area contributed by atoms with Crippen LogP contribution in [0.2, 0.25) is 5.02 Å². The number of carbonyl (C=O) groups is 2. The van der Waals surface area contributed by atoms with Crippen LogP contribution in [-0.2, 0) is 9.59 Å². The number of hydrogen-bond acceptors (Lipinski definition) is 2. The normalized spacial score (nSPS) is 12.8. The molecule has 0 aromatic heterocycles. The van der Waals surface area contributed by atoms with E-state index in [1.54, 1.807) is 0 Å². The van der Waals surface area contributed by atoms with E-state index in [-0.39, 0.29) is 10.5 Å². The van der Waals surface area contributed by atoms with Crippen LogP contribution in [0, 0.1) is 0 Å². The SMILES string of the molecule is CCN(C(=O)C(F)(F)F)C(C(=O)O)c1ccc(Cl)cc1. The summed E-state index contributed by atoms with van der Waals surface area (Å²) in [7, 11) is 0. The number of likely N-dealkylation sites (N-methyl/N-ethyl adjacent to an activating group) is 1. The standard InChI is InChI=1S/C12H11ClF3NO3/c1-2-17(11(20)12(14,15)16)9(10(18)19)7-3-5-8(13)6-4-7/h3-6,9H,2H2,1H3,(H,18,19). The molecule has 1 aromatic rings. The van der Waals surface area contributed by atoms with Gasteiger partial charge in [0.1, 0.15) is 0 Å². The number of carboxylic acid groups (broad SMARTS) is 1. The van der Waals surface area contributed by atoms with Crippen molar-refractivity contribution in [2.75, 3.05) is 6.54 Å². The molecule has 1 unspecified atom stereocenters. The maximum absolute atomic E-state index is 12.5. The van der Waals surface area contributed by atoms with Crippen molar-refractivity contribution in [2.24, 2.45) is 0 Å². The summed E-state index contributed by atoms with van der Waals surface area (Å²) < 4.78 is 37.5. The third-order valence-electron chi connectivity index (χ3n) is 2.58. The highest BCUT2D eigenvalue weighted by atomic mass is 35.5. The number of rotatable bonds is 4. The van der Waals surface area contributed by atoms with Gasteiger partial charge in [-0.15, -0.1) is 0 Å². The van der Waals surface area contributed by atoms with Crippen molar-refractivity contribution in [3.63, 3.8) is 0 Å². The quantitative estimate of drug-likeness (QED) is 0.930. The van der Waals surface area contributed by atoms with Crippen molar-refractivity contribution in [1.29, 1.82) is 0 Å². The summed E-state index contributed by atoms with van der Waals surface area (Å²) in [5.74, 6) is -3.74. The Hall–Kier alpha value is -1.76. The first-order valence-corrected chi connectivity index (χ1v) is 5.92. The second kappa shape index (κ2) is 6.13. The van der Waals surface area contributed by atoms with Crippen LogP contribution in [0.4, 0.5) is 13.2 Å². The molecule has 20 heavy (non-hydrogen) atoms. The summed E-state index contributed by atoms with van der Waals surface area (Å²) in [5.41, 5.74) is 0.0429. The third-order valence-corrected chi connectivity index (χ3v) is 2.83. The molecule has 0 saturated heterocycles. The highest BCUT2D eigenvalue weighted by Gasteiger charge is 2.46. The predicted octanol–water partition coefficient (Wildman–Crippen LogP) is 2.88. The minimum atomic E-state index is -5.13. The topological polar surface area (TPSA) is 57.6 Å². The zero-order valence-electron chi connectivity index (χ0n) is 10.3. The number of halogens is 4. The van der Waals surface area contributed by atoms with Crippen molar-refractivity contribution >= 4 is 23.5 Å². The number of carbonyl (C=O) groups excluding carboxylic acids is 1. The molecule has 1 atom stereocenters. The second-order valence-corrected chi connectivity index (χ2v) is 4.32. The minimum Gasteiger partial charge on any atom is -0.479 e. The van der Waals surface area contributed by atoms with Crippen molar-refractivity contribution in [3.8, 4) is 0 Å². The van der Waals surface area contributed by atoms with Crippen LogP contribution in [0.3, 0.4) is 0 Å². The van der Waals surface area contributed by atoms with E-state index in [4.69, 9.17) is 16.7 Å². The molecule has 1 N–H and O–H groups in total. The van der Waals surface area contributed by atoms with Gasteiger partial charge in [0.15, 0.2) is 6.04 Å². The summed E-state index contributed by atoms with van der Waals surface area (Å²) in [5, 5.41) is 9.43. The first-order valence-electron chi connectivity index (χ1n) is 5.54. The Morgan fingerprint density at radius 1 is 1.30 bits per heavy atom. The van der Waals surface area contributed by atoms with Gasteiger partial charge in [0.25, 0.3) is 0 Å². The van der Waals surface area contributed by atoms with E-state index in [2.05, 4.69) is 0 Å². The molecular formula is C12H11ClF3NO3. The summed E-state index contributed by atoms with van der Waals surface area (Å²) >= 11 is 5.64. The minimum absolute atomic E-state index is 0.0429. The van der Waals surface area contributed by atoms with Gasteiger partial charge >= 0.3 is 18.1 Å². The molecule has 110 valence electrons. The van der Waals surface area contributed by atoms with Gasteiger partial charge < -0.3 is 10.0 Å². The molecule has 1 amide bonds. The number of benzene rings is 1. The molecule has 0 aliphatic carbocycles. The monoisotopic (exact) mass is 309 g/mol. The Balaban J connectivity index is 3.21. The fourth-order valence-corrected chi connectivity index (χ4v) is 1.83. The van der Waals surface area contributed by atoms with E-state index >= 15 is 0 Å². The molecular weight excluding hydrogens is 299 g/mol. The summed E-state index contributed by atoms with van der Waals surface area (Å²) in [4.78, 5) is 22.8. The molecule has 0 radical (unpaired) electrons. The van der Waals surface area contributed by atoms with Crippen molar-refractivity contribution in [3.05, 3.63) is 34.9 Å². The average Bonchev–Trinajstić information content (AvgIpc) is 2.35. The smallest absolute Gasteiger partial charge is 0.471 e. The summed E-state index contributed by atoms with van der Waals surface area (Å²) in [6, 6.07) is 3.52. The van der Waals surface area contributed by atoms with E-state index in [1.165, 1.54) is 31.2 Å². The Bertz CT molecular complexity index is 502. The first kappa shape index (κ1) is 16.3. The molecule has 1 aromatic carbocycles. The van der Waals surface area contributed by atoms with Crippen LogP contribution in [0.15, 0.2) is 24.3 Å².